The highest BCUT2D eigenvalue weighted by molar-refractivity contribution is 5.78. The maximum Gasteiger partial charge on any atom is 0.184 e. The number of H-pyrrole nitrogens is 1. The fourth-order valence-corrected chi connectivity index (χ4v) is 1.97. The molecule has 0 fully saturated rings. The Bertz CT molecular complexity index is 587. The molecular formula is C16H17NO2. The zero-order valence-electron chi connectivity index (χ0n) is 10.8. The minimum absolute atomic E-state index is 0.00499. The molecule has 2 aromatic rings. The molecule has 0 atom stereocenters. The largest absolute Gasteiger partial charge is 0.367 e. The molecule has 2 rings (SSSR count). The van der Waals surface area contributed by atoms with Crippen LogP contribution < -0.4 is 5.43 Å². The van der Waals surface area contributed by atoms with Crippen molar-refractivity contribution in [3.8, 4) is 0 Å². The van der Waals surface area contributed by atoms with Crippen molar-refractivity contribution in [1.82, 2.24) is 4.98 Å². The average Bonchev–Trinajstić information content (AvgIpc) is 2.45. The van der Waals surface area contributed by atoms with E-state index in [1.165, 1.54) is 11.6 Å². The van der Waals surface area contributed by atoms with Gasteiger partial charge in [-0.05, 0) is 18.4 Å². The van der Waals surface area contributed by atoms with Crippen LogP contribution in [0.2, 0.25) is 0 Å². The lowest BCUT2D eigenvalue weighted by atomic mass is 10.0. The van der Waals surface area contributed by atoms with Crippen molar-refractivity contribution >= 4 is 5.78 Å². The second-order valence-corrected chi connectivity index (χ2v) is 4.56. The van der Waals surface area contributed by atoms with Gasteiger partial charge in [-0.2, -0.15) is 0 Å². The molecule has 0 saturated carbocycles. The van der Waals surface area contributed by atoms with E-state index >= 15 is 0 Å². The minimum atomic E-state index is -0.00499. The summed E-state index contributed by atoms with van der Waals surface area (Å²) in [4.78, 5) is 26.1. The quantitative estimate of drug-likeness (QED) is 0.862. The van der Waals surface area contributed by atoms with Gasteiger partial charge in [-0.3, -0.25) is 9.59 Å². The summed E-state index contributed by atoms with van der Waals surface area (Å²) in [6, 6.07) is 11.5. The van der Waals surface area contributed by atoms with Crippen molar-refractivity contribution in [3.05, 3.63) is 70.1 Å². The van der Waals surface area contributed by atoms with E-state index in [9.17, 15) is 9.59 Å². The van der Waals surface area contributed by atoms with Crippen LogP contribution in [0.4, 0.5) is 0 Å². The Morgan fingerprint density at radius 3 is 2.47 bits per heavy atom. The number of aromatic amines is 1. The first kappa shape index (κ1) is 13.3. The minimum Gasteiger partial charge on any atom is -0.367 e. The van der Waals surface area contributed by atoms with E-state index in [0.29, 0.717) is 24.8 Å². The van der Waals surface area contributed by atoms with Gasteiger partial charge in [0, 0.05) is 36.9 Å². The number of carbonyl (C=O) groups is 1. The highest BCUT2D eigenvalue weighted by Crippen LogP contribution is 2.05. The molecule has 0 aliphatic heterocycles. The molecule has 0 aliphatic rings. The molecule has 0 bridgehead atoms. The number of hydrogen-bond acceptors (Lipinski definition) is 2. The van der Waals surface area contributed by atoms with Crippen molar-refractivity contribution in [2.75, 3.05) is 0 Å². The van der Waals surface area contributed by atoms with E-state index in [1.807, 2.05) is 30.3 Å². The Balaban J connectivity index is 1.79. The van der Waals surface area contributed by atoms with Crippen LogP contribution in [0.15, 0.2) is 53.6 Å². The van der Waals surface area contributed by atoms with E-state index in [4.69, 9.17) is 0 Å². The van der Waals surface area contributed by atoms with Crippen LogP contribution >= 0.6 is 0 Å². The number of rotatable bonds is 6. The fourth-order valence-electron chi connectivity index (χ4n) is 1.97. The SMILES string of the molecule is O=C(CCc1ccccc1)CCc1c[nH]ccc1=O. The first-order chi connectivity index (χ1) is 9.25. The van der Waals surface area contributed by atoms with Crippen LogP contribution in [-0.4, -0.2) is 10.8 Å². The first-order valence-corrected chi connectivity index (χ1v) is 6.47. The highest BCUT2D eigenvalue weighted by atomic mass is 16.1. The molecule has 0 amide bonds. The molecule has 1 aromatic heterocycles. The standard InChI is InChI=1S/C16H17NO2/c18-15(8-6-13-4-2-1-3-5-13)9-7-14-12-17-11-10-16(14)19/h1-5,10-12H,6-9H2,(H,17,19). The number of benzene rings is 1. The zero-order chi connectivity index (χ0) is 13.5. The molecule has 19 heavy (non-hydrogen) atoms. The van der Waals surface area contributed by atoms with Crippen LogP contribution in [0.3, 0.4) is 0 Å². The van der Waals surface area contributed by atoms with Crippen molar-refractivity contribution in [2.45, 2.75) is 25.7 Å². The lowest BCUT2D eigenvalue weighted by Gasteiger charge is -2.02. The summed E-state index contributed by atoms with van der Waals surface area (Å²) < 4.78 is 0. The lowest BCUT2D eigenvalue weighted by Crippen LogP contribution is -2.10. The molecule has 1 N–H and O–H groups in total. The van der Waals surface area contributed by atoms with Gasteiger partial charge >= 0.3 is 0 Å². The number of aromatic nitrogens is 1. The molecule has 0 saturated heterocycles. The number of ketones is 1. The van der Waals surface area contributed by atoms with Gasteiger partial charge in [-0.1, -0.05) is 30.3 Å². The molecule has 3 nitrogen and oxygen atoms in total. The summed E-state index contributed by atoms with van der Waals surface area (Å²) in [7, 11) is 0. The number of aryl methyl sites for hydroxylation is 2. The molecule has 3 heteroatoms. The van der Waals surface area contributed by atoms with Crippen molar-refractivity contribution in [1.29, 1.82) is 0 Å². The third kappa shape index (κ3) is 4.21. The molecule has 1 aromatic carbocycles. The molecule has 1 heterocycles. The Labute approximate surface area is 112 Å². The molecule has 0 spiro atoms. The van der Waals surface area contributed by atoms with Gasteiger partial charge in [0.1, 0.15) is 5.78 Å². The normalized spacial score (nSPS) is 10.3. The number of hydrogen-bond donors (Lipinski definition) is 1. The van der Waals surface area contributed by atoms with Crippen LogP contribution in [-0.2, 0) is 17.6 Å². The topological polar surface area (TPSA) is 49.9 Å². The van der Waals surface area contributed by atoms with Crippen molar-refractivity contribution < 1.29 is 4.79 Å². The predicted octanol–water partition coefficient (Wildman–Crippen LogP) is 2.51. The molecule has 0 radical (unpaired) electrons. The van der Waals surface area contributed by atoms with Crippen molar-refractivity contribution in [2.24, 2.45) is 0 Å². The second kappa shape index (κ2) is 6.69. The van der Waals surface area contributed by atoms with Gasteiger partial charge in [0.25, 0.3) is 0 Å². The smallest absolute Gasteiger partial charge is 0.184 e. The van der Waals surface area contributed by atoms with Gasteiger partial charge in [0.15, 0.2) is 5.43 Å². The van der Waals surface area contributed by atoms with Gasteiger partial charge in [-0.25, -0.2) is 0 Å². The third-order valence-corrected chi connectivity index (χ3v) is 3.11. The number of carbonyl (C=O) groups excluding carboxylic acids is 1. The summed E-state index contributed by atoms with van der Waals surface area (Å²) in [5.41, 5.74) is 1.85. The Hall–Kier alpha value is -2.16. The monoisotopic (exact) mass is 255 g/mol. The lowest BCUT2D eigenvalue weighted by molar-refractivity contribution is -0.119. The summed E-state index contributed by atoms with van der Waals surface area (Å²) in [6.45, 7) is 0. The fraction of sp³-hybridized carbons (Fsp3) is 0.250. The molecular weight excluding hydrogens is 238 g/mol. The zero-order valence-corrected chi connectivity index (χ0v) is 10.8. The predicted molar refractivity (Wildman–Crippen MR) is 75.2 cm³/mol. The Morgan fingerprint density at radius 2 is 1.74 bits per heavy atom. The van der Waals surface area contributed by atoms with Crippen LogP contribution in [0, 0.1) is 0 Å². The summed E-state index contributed by atoms with van der Waals surface area (Å²) in [5, 5.41) is 0. The number of nitrogens with one attached hydrogen (secondary N) is 1. The second-order valence-electron chi connectivity index (χ2n) is 4.56. The van der Waals surface area contributed by atoms with E-state index < -0.39 is 0 Å². The summed E-state index contributed by atoms with van der Waals surface area (Å²) in [5.74, 6) is 0.201. The van der Waals surface area contributed by atoms with Gasteiger partial charge in [0.2, 0.25) is 0 Å². The van der Waals surface area contributed by atoms with Gasteiger partial charge in [-0.15, -0.1) is 0 Å². The van der Waals surface area contributed by atoms with E-state index in [2.05, 4.69) is 4.98 Å². The first-order valence-electron chi connectivity index (χ1n) is 6.47. The Kier molecular flexibility index (Phi) is 4.67. The van der Waals surface area contributed by atoms with Gasteiger partial charge in [0.05, 0.1) is 0 Å². The highest BCUT2D eigenvalue weighted by Gasteiger charge is 2.05. The maximum atomic E-state index is 11.8. The summed E-state index contributed by atoms with van der Waals surface area (Å²) >= 11 is 0. The number of pyridine rings is 1. The molecule has 0 aliphatic carbocycles. The van der Waals surface area contributed by atoms with Gasteiger partial charge < -0.3 is 4.98 Å². The molecule has 98 valence electrons. The summed E-state index contributed by atoms with van der Waals surface area (Å²) in [6.07, 6.45) is 5.53. The van der Waals surface area contributed by atoms with Crippen molar-refractivity contribution in [3.63, 3.8) is 0 Å². The number of Topliss-reactive ketones (excluding diaryl/α,β-unsaturated/α-hetero) is 1. The van der Waals surface area contributed by atoms with Crippen LogP contribution in [0.1, 0.15) is 24.0 Å². The van der Waals surface area contributed by atoms with E-state index in [-0.39, 0.29) is 11.2 Å². The molecule has 0 unspecified atom stereocenters. The van der Waals surface area contributed by atoms with Crippen LogP contribution in [0.25, 0.3) is 0 Å². The van der Waals surface area contributed by atoms with E-state index in [1.54, 1.807) is 12.4 Å². The maximum absolute atomic E-state index is 11.8. The Morgan fingerprint density at radius 1 is 1.00 bits per heavy atom. The van der Waals surface area contributed by atoms with E-state index in [0.717, 1.165) is 6.42 Å². The van der Waals surface area contributed by atoms with Crippen LogP contribution in [0.5, 0.6) is 0 Å². The third-order valence-electron chi connectivity index (χ3n) is 3.11. The average molecular weight is 255 g/mol.